The molecule has 1 unspecified atom stereocenters. The molecule has 4 rings (SSSR count). The molecular weight excluding hydrogens is 412 g/mol. The molecule has 1 aliphatic rings. The summed E-state index contributed by atoms with van der Waals surface area (Å²) in [4.78, 5) is 22.6. The van der Waals surface area contributed by atoms with E-state index in [0.717, 1.165) is 42.4 Å². The van der Waals surface area contributed by atoms with E-state index >= 15 is 0 Å². The van der Waals surface area contributed by atoms with Crippen LogP contribution in [0.1, 0.15) is 24.4 Å². The van der Waals surface area contributed by atoms with Crippen molar-refractivity contribution in [2.45, 2.75) is 29.7 Å². The van der Waals surface area contributed by atoms with E-state index in [1.165, 1.54) is 10.5 Å². The molecule has 0 bridgehead atoms. The summed E-state index contributed by atoms with van der Waals surface area (Å²) in [5.41, 5.74) is 2.11. The Bertz CT molecular complexity index is 1090. The predicted molar refractivity (Wildman–Crippen MR) is 127 cm³/mol. The van der Waals surface area contributed by atoms with Crippen molar-refractivity contribution < 1.29 is 0 Å². The van der Waals surface area contributed by atoms with Crippen LogP contribution in [0.3, 0.4) is 0 Å². The smallest absolute Gasteiger partial charge is 0.261 e. The lowest BCUT2D eigenvalue weighted by Crippen LogP contribution is -2.45. The molecule has 0 spiro atoms. The quantitative estimate of drug-likeness (QED) is 0.434. The minimum Gasteiger partial charge on any atom is -0.298 e. The van der Waals surface area contributed by atoms with Crippen molar-refractivity contribution in [2.75, 3.05) is 32.4 Å². The lowest BCUT2D eigenvalue weighted by atomic mass is 10.2. The summed E-state index contributed by atoms with van der Waals surface area (Å²) >= 11 is 3.47. The fourth-order valence-corrected chi connectivity index (χ4v) is 5.20. The first-order chi connectivity index (χ1) is 14.5. The predicted octanol–water partition coefficient (Wildman–Crippen LogP) is 4.35. The normalized spacial score (nSPS) is 16.8. The number of thioether (sulfide) groups is 1. The Morgan fingerprint density at radius 1 is 1.00 bits per heavy atom. The van der Waals surface area contributed by atoms with E-state index in [2.05, 4.69) is 47.3 Å². The standard InChI is InChI=1S/C23H28N4OS2/c1-16-5-7-18(8-6-16)30-27-13-11-26(12-14-27)17(2)22-24-21-10-9-19(29-4)15-20(21)23(28)25(22)3/h5-10,15,17H,11-14H2,1-4H3. The van der Waals surface area contributed by atoms with E-state index in [1.807, 2.05) is 43.5 Å². The lowest BCUT2D eigenvalue weighted by molar-refractivity contribution is 0.144. The number of piperazine rings is 1. The molecule has 1 fully saturated rings. The van der Waals surface area contributed by atoms with Gasteiger partial charge in [-0.05, 0) is 62.4 Å². The van der Waals surface area contributed by atoms with Crippen LogP contribution < -0.4 is 5.56 Å². The van der Waals surface area contributed by atoms with Gasteiger partial charge in [-0.25, -0.2) is 9.29 Å². The first-order valence-electron chi connectivity index (χ1n) is 10.2. The van der Waals surface area contributed by atoms with Gasteiger partial charge in [-0.3, -0.25) is 14.3 Å². The van der Waals surface area contributed by atoms with Gasteiger partial charge in [-0.2, -0.15) is 0 Å². The summed E-state index contributed by atoms with van der Waals surface area (Å²) in [7, 11) is 1.84. The second kappa shape index (κ2) is 9.14. The van der Waals surface area contributed by atoms with E-state index < -0.39 is 0 Å². The van der Waals surface area contributed by atoms with Crippen LogP contribution in [-0.2, 0) is 7.05 Å². The third kappa shape index (κ3) is 4.44. The maximum Gasteiger partial charge on any atom is 0.261 e. The molecule has 0 radical (unpaired) electrons. The van der Waals surface area contributed by atoms with Crippen LogP contribution in [0.15, 0.2) is 57.1 Å². The van der Waals surface area contributed by atoms with Crippen LogP contribution in [0.5, 0.6) is 0 Å². The SMILES string of the molecule is CSc1ccc2nc(C(C)N3CCN(Sc4ccc(C)cc4)CC3)n(C)c(=O)c2c1. The summed E-state index contributed by atoms with van der Waals surface area (Å²) in [5, 5.41) is 0.694. The van der Waals surface area contributed by atoms with Crippen molar-refractivity contribution in [1.29, 1.82) is 0 Å². The summed E-state index contributed by atoms with van der Waals surface area (Å²) < 4.78 is 4.15. The molecule has 158 valence electrons. The van der Waals surface area contributed by atoms with Crippen LogP contribution >= 0.6 is 23.7 Å². The van der Waals surface area contributed by atoms with Crippen LogP contribution in [0.4, 0.5) is 0 Å². The second-order valence-corrected chi connectivity index (χ2v) is 9.81. The molecule has 1 saturated heterocycles. The minimum absolute atomic E-state index is 0.0336. The van der Waals surface area contributed by atoms with E-state index in [9.17, 15) is 4.79 Å². The molecule has 1 aliphatic heterocycles. The average molecular weight is 441 g/mol. The molecule has 0 aliphatic carbocycles. The molecule has 1 atom stereocenters. The highest BCUT2D eigenvalue weighted by Crippen LogP contribution is 2.27. The largest absolute Gasteiger partial charge is 0.298 e. The van der Waals surface area contributed by atoms with Crippen molar-refractivity contribution in [3.63, 3.8) is 0 Å². The molecule has 5 nitrogen and oxygen atoms in total. The number of rotatable bonds is 5. The summed E-state index contributed by atoms with van der Waals surface area (Å²) in [5.74, 6) is 0.837. The van der Waals surface area contributed by atoms with Crippen LogP contribution in [-0.4, -0.2) is 51.2 Å². The van der Waals surface area contributed by atoms with E-state index in [1.54, 1.807) is 16.3 Å². The first kappa shape index (κ1) is 21.4. The third-order valence-corrected chi connectivity index (χ3v) is 7.60. The van der Waals surface area contributed by atoms with Gasteiger partial charge in [0.05, 0.1) is 16.9 Å². The number of benzene rings is 2. The molecule has 0 saturated carbocycles. The van der Waals surface area contributed by atoms with Gasteiger partial charge < -0.3 is 0 Å². The zero-order valence-electron chi connectivity index (χ0n) is 18.0. The van der Waals surface area contributed by atoms with E-state index in [0.29, 0.717) is 5.39 Å². The maximum atomic E-state index is 13.0. The fraction of sp³-hybridized carbons (Fsp3) is 0.391. The number of fused-ring (bicyclic) bond motifs is 1. The minimum atomic E-state index is 0.0336. The second-order valence-electron chi connectivity index (χ2n) is 7.76. The zero-order chi connectivity index (χ0) is 21.3. The molecular formula is C23H28N4OS2. The molecule has 30 heavy (non-hydrogen) atoms. The summed E-state index contributed by atoms with van der Waals surface area (Å²) in [6, 6.07) is 14.7. The van der Waals surface area contributed by atoms with Crippen molar-refractivity contribution in [2.24, 2.45) is 7.05 Å². The Kier molecular flexibility index (Phi) is 6.53. The number of hydrogen-bond acceptors (Lipinski definition) is 6. The van der Waals surface area contributed by atoms with Gasteiger partial charge in [0.25, 0.3) is 5.56 Å². The zero-order valence-corrected chi connectivity index (χ0v) is 19.6. The number of aryl methyl sites for hydroxylation is 1. The van der Waals surface area contributed by atoms with Gasteiger partial charge in [0.15, 0.2) is 0 Å². The Balaban J connectivity index is 1.48. The Morgan fingerprint density at radius 3 is 2.33 bits per heavy atom. The van der Waals surface area contributed by atoms with Crippen molar-refractivity contribution in [3.05, 3.63) is 64.2 Å². The molecule has 2 aromatic carbocycles. The fourth-order valence-electron chi connectivity index (χ4n) is 3.86. The molecule has 0 N–H and O–H groups in total. The number of aromatic nitrogens is 2. The molecule has 7 heteroatoms. The highest BCUT2D eigenvalue weighted by molar-refractivity contribution is 7.98. The molecule has 3 aromatic rings. The van der Waals surface area contributed by atoms with Crippen LogP contribution in [0, 0.1) is 6.92 Å². The Labute approximate surface area is 186 Å². The van der Waals surface area contributed by atoms with Crippen LogP contribution in [0.25, 0.3) is 10.9 Å². The molecule has 1 aromatic heterocycles. The topological polar surface area (TPSA) is 41.4 Å². The van der Waals surface area contributed by atoms with Crippen molar-refractivity contribution in [1.82, 2.24) is 18.8 Å². The maximum absolute atomic E-state index is 13.0. The van der Waals surface area contributed by atoms with E-state index in [-0.39, 0.29) is 11.6 Å². The van der Waals surface area contributed by atoms with Gasteiger partial charge >= 0.3 is 0 Å². The molecule has 2 heterocycles. The van der Waals surface area contributed by atoms with Crippen LogP contribution in [0.2, 0.25) is 0 Å². The lowest BCUT2D eigenvalue weighted by Gasteiger charge is -2.37. The first-order valence-corrected chi connectivity index (χ1v) is 12.2. The highest BCUT2D eigenvalue weighted by Gasteiger charge is 2.25. The Morgan fingerprint density at radius 2 is 1.67 bits per heavy atom. The summed E-state index contributed by atoms with van der Waals surface area (Å²) in [6.07, 6.45) is 2.02. The number of hydrogen-bond donors (Lipinski definition) is 0. The van der Waals surface area contributed by atoms with Gasteiger partial charge in [-0.15, -0.1) is 11.8 Å². The van der Waals surface area contributed by atoms with Crippen molar-refractivity contribution in [3.8, 4) is 0 Å². The van der Waals surface area contributed by atoms with Gasteiger partial charge in [-0.1, -0.05) is 17.7 Å². The highest BCUT2D eigenvalue weighted by atomic mass is 32.2. The summed E-state index contributed by atoms with van der Waals surface area (Å²) in [6.45, 7) is 8.17. The van der Waals surface area contributed by atoms with Gasteiger partial charge in [0.2, 0.25) is 0 Å². The van der Waals surface area contributed by atoms with Gasteiger partial charge in [0.1, 0.15) is 5.82 Å². The van der Waals surface area contributed by atoms with Crippen molar-refractivity contribution >= 4 is 34.6 Å². The third-order valence-electron chi connectivity index (χ3n) is 5.77. The van der Waals surface area contributed by atoms with Gasteiger partial charge in [0, 0.05) is 43.0 Å². The average Bonchev–Trinajstić information content (AvgIpc) is 2.77. The monoisotopic (exact) mass is 440 g/mol. The van der Waals surface area contributed by atoms with E-state index in [4.69, 9.17) is 4.98 Å². The molecule has 0 amide bonds. The Hall–Kier alpha value is -1.80. The number of nitrogens with zero attached hydrogens (tertiary/aromatic N) is 4.